The Morgan fingerprint density at radius 1 is 1.20 bits per heavy atom. The molecular weight excluding hydrogens is 278 g/mol. The highest BCUT2D eigenvalue weighted by atomic mass is 35.5. The molecule has 0 aliphatic rings. The van der Waals surface area contributed by atoms with Crippen LogP contribution >= 0.6 is 11.6 Å². The lowest BCUT2D eigenvalue weighted by atomic mass is 10.2. The molecular formula is C14H16ClN3O2. The molecule has 0 fully saturated rings. The maximum atomic E-state index is 5.82. The lowest BCUT2D eigenvalue weighted by Gasteiger charge is -2.14. The molecule has 2 aromatic rings. The zero-order chi connectivity index (χ0) is 14.5. The Morgan fingerprint density at radius 3 is 2.65 bits per heavy atom. The fourth-order valence-corrected chi connectivity index (χ4v) is 1.76. The van der Waals surface area contributed by atoms with Gasteiger partial charge in [-0.3, -0.25) is 0 Å². The number of hydrogen-bond donors (Lipinski definition) is 1. The Labute approximate surface area is 122 Å². The smallest absolute Gasteiger partial charge is 0.228 e. The number of aromatic nitrogens is 2. The van der Waals surface area contributed by atoms with Gasteiger partial charge in [-0.15, -0.1) is 0 Å². The van der Waals surface area contributed by atoms with Crippen molar-refractivity contribution in [2.45, 2.75) is 20.0 Å². The third-order valence-corrected chi connectivity index (χ3v) is 2.61. The summed E-state index contributed by atoms with van der Waals surface area (Å²) in [5, 5.41) is 3.44. The van der Waals surface area contributed by atoms with Crippen molar-refractivity contribution in [1.29, 1.82) is 0 Å². The minimum atomic E-state index is 0.0824. The Balaban J connectivity index is 2.21. The number of ether oxygens (including phenoxy) is 2. The molecule has 0 aliphatic heterocycles. The first-order valence-corrected chi connectivity index (χ1v) is 6.56. The standard InChI is InChI=1S/C14H16ClN3O2/c1-9(2)20-11-5-4-10(8-12(11)19-3)17-14-16-7-6-13(15)18-14/h4-9H,1-3H3,(H,16,17,18). The van der Waals surface area contributed by atoms with Crippen LogP contribution in [0.2, 0.25) is 5.15 Å². The van der Waals surface area contributed by atoms with E-state index in [4.69, 9.17) is 21.1 Å². The Bertz CT molecular complexity index is 590. The quantitative estimate of drug-likeness (QED) is 0.852. The molecule has 0 unspecified atom stereocenters. The number of hydrogen-bond acceptors (Lipinski definition) is 5. The molecule has 0 amide bonds. The minimum Gasteiger partial charge on any atom is -0.493 e. The third-order valence-electron chi connectivity index (χ3n) is 2.40. The van der Waals surface area contributed by atoms with E-state index in [9.17, 15) is 0 Å². The molecule has 2 rings (SSSR count). The van der Waals surface area contributed by atoms with Crippen molar-refractivity contribution in [3.8, 4) is 11.5 Å². The van der Waals surface area contributed by atoms with E-state index in [0.717, 1.165) is 5.69 Å². The van der Waals surface area contributed by atoms with Crippen LogP contribution in [0.5, 0.6) is 11.5 Å². The van der Waals surface area contributed by atoms with Crippen LogP contribution in [0.3, 0.4) is 0 Å². The SMILES string of the molecule is COc1cc(Nc2nccc(Cl)n2)ccc1OC(C)C. The molecule has 0 saturated carbocycles. The average Bonchev–Trinajstić information content (AvgIpc) is 2.40. The molecule has 0 radical (unpaired) electrons. The van der Waals surface area contributed by atoms with Gasteiger partial charge in [0.2, 0.25) is 5.95 Å². The van der Waals surface area contributed by atoms with Crippen molar-refractivity contribution >= 4 is 23.2 Å². The van der Waals surface area contributed by atoms with Gasteiger partial charge in [-0.2, -0.15) is 0 Å². The molecule has 0 bridgehead atoms. The molecule has 6 heteroatoms. The van der Waals surface area contributed by atoms with Crippen LogP contribution in [0.25, 0.3) is 0 Å². The molecule has 1 N–H and O–H groups in total. The maximum Gasteiger partial charge on any atom is 0.228 e. The van der Waals surface area contributed by atoms with Crippen molar-refractivity contribution in [1.82, 2.24) is 9.97 Å². The van der Waals surface area contributed by atoms with Crippen LogP contribution in [-0.2, 0) is 0 Å². The van der Waals surface area contributed by atoms with E-state index in [0.29, 0.717) is 22.6 Å². The first-order valence-electron chi connectivity index (χ1n) is 6.18. The molecule has 5 nitrogen and oxygen atoms in total. The van der Waals surface area contributed by atoms with E-state index in [2.05, 4.69) is 15.3 Å². The number of anilines is 2. The van der Waals surface area contributed by atoms with Crippen LogP contribution in [0.4, 0.5) is 11.6 Å². The Morgan fingerprint density at radius 2 is 2.00 bits per heavy atom. The van der Waals surface area contributed by atoms with Gasteiger partial charge in [0.1, 0.15) is 5.15 Å². The summed E-state index contributed by atoms with van der Waals surface area (Å²) in [5.41, 5.74) is 0.792. The van der Waals surface area contributed by atoms with Crippen molar-refractivity contribution < 1.29 is 9.47 Å². The van der Waals surface area contributed by atoms with E-state index >= 15 is 0 Å². The number of rotatable bonds is 5. The first kappa shape index (κ1) is 14.4. The van der Waals surface area contributed by atoms with Gasteiger partial charge in [0.15, 0.2) is 11.5 Å². The highest BCUT2D eigenvalue weighted by Gasteiger charge is 2.08. The number of nitrogens with one attached hydrogen (secondary N) is 1. The van der Waals surface area contributed by atoms with Crippen molar-refractivity contribution in [3.05, 3.63) is 35.6 Å². The fraction of sp³-hybridized carbons (Fsp3) is 0.286. The van der Waals surface area contributed by atoms with Gasteiger partial charge in [-0.1, -0.05) is 11.6 Å². The summed E-state index contributed by atoms with van der Waals surface area (Å²) in [7, 11) is 1.60. The normalized spacial score (nSPS) is 10.4. The molecule has 106 valence electrons. The summed E-state index contributed by atoms with van der Waals surface area (Å²) >= 11 is 5.82. The first-order chi connectivity index (χ1) is 9.58. The van der Waals surface area contributed by atoms with Crippen LogP contribution in [0, 0.1) is 0 Å². The minimum absolute atomic E-state index is 0.0824. The van der Waals surface area contributed by atoms with Crippen LogP contribution in [0.15, 0.2) is 30.5 Å². The molecule has 20 heavy (non-hydrogen) atoms. The van der Waals surface area contributed by atoms with Gasteiger partial charge in [-0.25, -0.2) is 9.97 Å². The summed E-state index contributed by atoms with van der Waals surface area (Å²) in [6.07, 6.45) is 1.67. The predicted molar refractivity (Wildman–Crippen MR) is 79.1 cm³/mol. The van der Waals surface area contributed by atoms with Crippen LogP contribution in [0.1, 0.15) is 13.8 Å². The lowest BCUT2D eigenvalue weighted by Crippen LogP contribution is -2.07. The fourth-order valence-electron chi connectivity index (χ4n) is 1.62. The number of halogens is 1. The van der Waals surface area contributed by atoms with E-state index in [1.165, 1.54) is 0 Å². The topological polar surface area (TPSA) is 56.3 Å². The second kappa shape index (κ2) is 6.43. The average molecular weight is 294 g/mol. The lowest BCUT2D eigenvalue weighted by molar-refractivity contribution is 0.230. The van der Waals surface area contributed by atoms with E-state index < -0.39 is 0 Å². The van der Waals surface area contributed by atoms with Gasteiger partial charge in [0.05, 0.1) is 13.2 Å². The number of methoxy groups -OCH3 is 1. The largest absolute Gasteiger partial charge is 0.493 e. The third kappa shape index (κ3) is 3.74. The molecule has 1 heterocycles. The molecule has 0 saturated heterocycles. The van der Waals surface area contributed by atoms with Crippen molar-refractivity contribution in [3.63, 3.8) is 0 Å². The molecule has 0 atom stereocenters. The summed E-state index contributed by atoms with van der Waals surface area (Å²) in [6.45, 7) is 3.93. The van der Waals surface area contributed by atoms with Crippen LogP contribution < -0.4 is 14.8 Å². The second-order valence-electron chi connectivity index (χ2n) is 4.36. The zero-order valence-corrected chi connectivity index (χ0v) is 12.3. The van der Waals surface area contributed by atoms with Gasteiger partial charge >= 0.3 is 0 Å². The predicted octanol–water partition coefficient (Wildman–Crippen LogP) is 3.67. The highest BCUT2D eigenvalue weighted by Crippen LogP contribution is 2.31. The number of benzene rings is 1. The summed E-state index contributed by atoms with van der Waals surface area (Å²) in [4.78, 5) is 8.15. The number of nitrogens with zero attached hydrogens (tertiary/aromatic N) is 2. The van der Waals surface area contributed by atoms with Crippen molar-refractivity contribution in [2.75, 3.05) is 12.4 Å². The van der Waals surface area contributed by atoms with E-state index in [1.54, 1.807) is 19.4 Å². The highest BCUT2D eigenvalue weighted by molar-refractivity contribution is 6.29. The van der Waals surface area contributed by atoms with Crippen molar-refractivity contribution in [2.24, 2.45) is 0 Å². The molecule has 0 spiro atoms. The van der Waals surface area contributed by atoms with Crippen LogP contribution in [-0.4, -0.2) is 23.2 Å². The summed E-state index contributed by atoms with van der Waals surface area (Å²) in [5.74, 6) is 1.77. The zero-order valence-electron chi connectivity index (χ0n) is 11.6. The monoisotopic (exact) mass is 293 g/mol. The molecule has 0 aliphatic carbocycles. The van der Waals surface area contributed by atoms with Gasteiger partial charge in [-0.05, 0) is 32.0 Å². The molecule has 1 aromatic heterocycles. The van der Waals surface area contributed by atoms with E-state index in [-0.39, 0.29) is 6.10 Å². The Hall–Kier alpha value is -2.01. The maximum absolute atomic E-state index is 5.82. The summed E-state index contributed by atoms with van der Waals surface area (Å²) < 4.78 is 11.0. The van der Waals surface area contributed by atoms with Gasteiger partial charge in [0.25, 0.3) is 0 Å². The van der Waals surface area contributed by atoms with Gasteiger partial charge < -0.3 is 14.8 Å². The Kier molecular flexibility index (Phi) is 4.63. The molecule has 1 aromatic carbocycles. The second-order valence-corrected chi connectivity index (χ2v) is 4.75. The van der Waals surface area contributed by atoms with E-state index in [1.807, 2.05) is 32.0 Å². The van der Waals surface area contributed by atoms with Gasteiger partial charge in [0, 0.05) is 18.0 Å². The summed E-state index contributed by atoms with van der Waals surface area (Å²) in [6, 6.07) is 7.14.